The Balaban J connectivity index is 1.55. The maximum atomic E-state index is 12.9. The minimum Gasteiger partial charge on any atom is -0.465 e. The lowest BCUT2D eigenvalue weighted by Crippen LogP contribution is -2.41. The van der Waals surface area contributed by atoms with Crippen molar-refractivity contribution in [2.45, 2.75) is 46.6 Å². The van der Waals surface area contributed by atoms with E-state index in [1.54, 1.807) is 0 Å². The molecule has 2 aromatic heterocycles. The maximum Gasteiger partial charge on any atom is 0.287 e. The van der Waals surface area contributed by atoms with Crippen LogP contribution in [0.3, 0.4) is 0 Å². The molecule has 1 N–H and O–H groups in total. The lowest BCUT2D eigenvalue weighted by molar-refractivity contribution is 0.0870. The van der Waals surface area contributed by atoms with Gasteiger partial charge < -0.3 is 14.2 Å². The molecule has 0 unspecified atom stereocenters. The van der Waals surface area contributed by atoms with Gasteiger partial charge in [0.25, 0.3) is 5.91 Å². The van der Waals surface area contributed by atoms with E-state index >= 15 is 0 Å². The molecule has 1 fully saturated rings. The van der Waals surface area contributed by atoms with Gasteiger partial charge in [0.05, 0.1) is 11.4 Å². The number of piperidine rings is 1. The highest BCUT2D eigenvalue weighted by molar-refractivity contribution is 5.93. The van der Waals surface area contributed by atoms with Gasteiger partial charge in [-0.15, -0.1) is 0 Å². The van der Waals surface area contributed by atoms with Crippen molar-refractivity contribution in [3.05, 3.63) is 69.0 Å². The fourth-order valence-electron chi connectivity index (χ4n) is 4.18. The Morgan fingerprint density at radius 3 is 2.48 bits per heavy atom. The van der Waals surface area contributed by atoms with Crippen LogP contribution in [-0.2, 0) is 0 Å². The van der Waals surface area contributed by atoms with Crippen LogP contribution in [0.25, 0.3) is 11.0 Å². The molecule has 6 nitrogen and oxygen atoms in total. The van der Waals surface area contributed by atoms with Gasteiger partial charge in [-0.3, -0.25) is 14.5 Å². The summed E-state index contributed by atoms with van der Waals surface area (Å²) < 4.78 is 11.7. The smallest absolute Gasteiger partial charge is 0.287 e. The molecule has 31 heavy (non-hydrogen) atoms. The standard InChI is InChI=1S/C25H30N2O4/c1-15-7-9-27(10-8-15)20(22-6-5-18(4)30-22)14-26-25(29)24-13-21(28)19-11-16(2)17(3)12-23(19)31-24/h5-6,11-13,15,20H,7-10,14H2,1-4H3,(H,26,29)/t20-/m1/s1. The number of likely N-dealkylation sites (tertiary alicyclic amines) is 1. The van der Waals surface area contributed by atoms with E-state index in [0.717, 1.165) is 48.6 Å². The average Bonchev–Trinajstić information content (AvgIpc) is 3.16. The zero-order valence-corrected chi connectivity index (χ0v) is 18.7. The van der Waals surface area contributed by atoms with E-state index in [4.69, 9.17) is 8.83 Å². The third-order valence-corrected chi connectivity index (χ3v) is 6.37. The molecular weight excluding hydrogens is 392 g/mol. The Morgan fingerprint density at radius 1 is 1.10 bits per heavy atom. The first-order chi connectivity index (χ1) is 14.8. The fraction of sp³-hybridized carbons (Fsp3) is 0.440. The van der Waals surface area contributed by atoms with E-state index in [1.165, 1.54) is 6.07 Å². The molecule has 0 bridgehead atoms. The monoisotopic (exact) mass is 422 g/mol. The lowest BCUT2D eigenvalue weighted by atomic mass is 9.97. The summed E-state index contributed by atoms with van der Waals surface area (Å²) in [6.07, 6.45) is 2.25. The van der Waals surface area contributed by atoms with Crippen LogP contribution in [0, 0.1) is 26.7 Å². The van der Waals surface area contributed by atoms with Crippen molar-refractivity contribution in [3.63, 3.8) is 0 Å². The summed E-state index contributed by atoms with van der Waals surface area (Å²) in [4.78, 5) is 27.8. The van der Waals surface area contributed by atoms with Gasteiger partial charge in [0, 0.05) is 12.6 Å². The molecule has 1 aliphatic heterocycles. The Kier molecular flexibility index (Phi) is 6.01. The number of aryl methyl sites for hydroxylation is 3. The van der Waals surface area contributed by atoms with E-state index in [9.17, 15) is 9.59 Å². The summed E-state index contributed by atoms with van der Waals surface area (Å²) in [5.74, 6) is 2.04. The molecule has 6 heteroatoms. The van der Waals surface area contributed by atoms with Crippen molar-refractivity contribution < 1.29 is 13.6 Å². The van der Waals surface area contributed by atoms with Gasteiger partial charge in [0.2, 0.25) is 0 Å². The number of benzene rings is 1. The molecule has 0 radical (unpaired) electrons. The molecule has 3 heterocycles. The van der Waals surface area contributed by atoms with Gasteiger partial charge in [-0.1, -0.05) is 6.92 Å². The number of amides is 1. The summed E-state index contributed by atoms with van der Waals surface area (Å²) >= 11 is 0. The van der Waals surface area contributed by atoms with Gasteiger partial charge in [-0.25, -0.2) is 0 Å². The molecule has 3 aromatic rings. The highest BCUT2D eigenvalue weighted by Crippen LogP contribution is 2.28. The van der Waals surface area contributed by atoms with Crippen LogP contribution >= 0.6 is 0 Å². The minimum absolute atomic E-state index is 0.0300. The van der Waals surface area contributed by atoms with Crippen LogP contribution in [0.15, 0.2) is 44.0 Å². The first-order valence-electron chi connectivity index (χ1n) is 11.0. The quantitative estimate of drug-likeness (QED) is 0.655. The Labute approximate surface area is 182 Å². The molecule has 164 valence electrons. The molecule has 1 aromatic carbocycles. The number of nitrogens with one attached hydrogen (secondary N) is 1. The van der Waals surface area contributed by atoms with Crippen molar-refractivity contribution in [1.82, 2.24) is 10.2 Å². The second-order valence-electron chi connectivity index (χ2n) is 8.80. The van der Waals surface area contributed by atoms with Gasteiger partial charge in [-0.05, 0) is 88.0 Å². The largest absolute Gasteiger partial charge is 0.465 e. The van der Waals surface area contributed by atoms with Crippen molar-refractivity contribution in [1.29, 1.82) is 0 Å². The maximum absolute atomic E-state index is 12.9. The van der Waals surface area contributed by atoms with Crippen molar-refractivity contribution in [2.75, 3.05) is 19.6 Å². The fourth-order valence-corrected chi connectivity index (χ4v) is 4.18. The second kappa shape index (κ2) is 8.71. The van der Waals surface area contributed by atoms with Gasteiger partial charge in [0.1, 0.15) is 17.1 Å². The first-order valence-corrected chi connectivity index (χ1v) is 11.0. The first kappa shape index (κ1) is 21.4. The molecule has 1 aliphatic rings. The predicted molar refractivity (Wildman–Crippen MR) is 120 cm³/mol. The zero-order valence-electron chi connectivity index (χ0n) is 18.7. The Hall–Kier alpha value is -2.86. The van der Waals surface area contributed by atoms with Crippen molar-refractivity contribution >= 4 is 16.9 Å². The van der Waals surface area contributed by atoms with Crippen molar-refractivity contribution in [2.24, 2.45) is 5.92 Å². The number of hydrogen-bond acceptors (Lipinski definition) is 5. The zero-order chi connectivity index (χ0) is 22.1. The predicted octanol–water partition coefficient (Wildman–Crippen LogP) is 4.51. The second-order valence-corrected chi connectivity index (χ2v) is 8.80. The summed E-state index contributed by atoms with van der Waals surface area (Å²) in [6, 6.07) is 8.77. The molecule has 4 rings (SSSR count). The number of carbonyl (C=O) groups is 1. The highest BCUT2D eigenvalue weighted by atomic mass is 16.3. The van der Waals surface area contributed by atoms with Crippen LogP contribution in [0.5, 0.6) is 0 Å². The van der Waals surface area contributed by atoms with E-state index in [-0.39, 0.29) is 17.2 Å². The van der Waals surface area contributed by atoms with E-state index in [1.807, 2.05) is 45.0 Å². The van der Waals surface area contributed by atoms with Crippen LogP contribution in [0.4, 0.5) is 0 Å². The summed E-state index contributed by atoms with van der Waals surface area (Å²) in [5.41, 5.74) is 2.26. The number of fused-ring (bicyclic) bond motifs is 1. The summed E-state index contributed by atoms with van der Waals surface area (Å²) in [6.45, 7) is 10.4. The van der Waals surface area contributed by atoms with E-state index in [0.29, 0.717) is 23.4 Å². The Morgan fingerprint density at radius 2 is 1.81 bits per heavy atom. The third kappa shape index (κ3) is 4.59. The van der Waals surface area contributed by atoms with Crippen LogP contribution in [-0.4, -0.2) is 30.4 Å². The van der Waals surface area contributed by atoms with E-state index < -0.39 is 5.91 Å². The number of carbonyl (C=O) groups excluding carboxylic acids is 1. The number of nitrogens with zero attached hydrogens (tertiary/aromatic N) is 1. The van der Waals surface area contributed by atoms with Crippen LogP contribution in [0.2, 0.25) is 0 Å². The van der Waals surface area contributed by atoms with Gasteiger partial charge in [0.15, 0.2) is 11.2 Å². The lowest BCUT2D eigenvalue weighted by Gasteiger charge is -2.35. The van der Waals surface area contributed by atoms with Crippen LogP contribution in [0.1, 0.15) is 59.0 Å². The minimum atomic E-state index is -0.393. The molecule has 0 spiro atoms. The SMILES string of the molecule is Cc1ccc([C@@H](CNC(=O)c2cc(=O)c3cc(C)c(C)cc3o2)N2CCC(C)CC2)o1. The molecule has 0 saturated carbocycles. The molecule has 1 atom stereocenters. The number of hydrogen-bond donors (Lipinski definition) is 1. The van der Waals surface area contributed by atoms with Gasteiger partial charge in [-0.2, -0.15) is 0 Å². The summed E-state index contributed by atoms with van der Waals surface area (Å²) in [7, 11) is 0. The number of furan rings is 1. The highest BCUT2D eigenvalue weighted by Gasteiger charge is 2.27. The van der Waals surface area contributed by atoms with Gasteiger partial charge >= 0.3 is 0 Å². The topological polar surface area (TPSA) is 75.7 Å². The van der Waals surface area contributed by atoms with E-state index in [2.05, 4.69) is 17.1 Å². The van der Waals surface area contributed by atoms with Crippen molar-refractivity contribution in [3.8, 4) is 0 Å². The Bertz CT molecular complexity index is 1150. The summed E-state index contributed by atoms with van der Waals surface area (Å²) in [5, 5.41) is 3.45. The number of rotatable bonds is 5. The molecule has 1 saturated heterocycles. The third-order valence-electron chi connectivity index (χ3n) is 6.37. The van der Waals surface area contributed by atoms with Crippen LogP contribution < -0.4 is 10.7 Å². The average molecular weight is 423 g/mol. The molecule has 1 amide bonds. The molecular formula is C25H30N2O4. The molecule has 0 aliphatic carbocycles. The normalized spacial score (nSPS) is 16.5.